The SMILES string of the molecule is CCNC(=NCc1cccc(OC)c1O)NC1CCC(C(F)(F)F)CC1.I. The standard InChI is InChI=1S/C18H26F3N3O2.HI/c1-3-22-17(23-11-12-5-4-6-15(26-2)16(12)25)24-14-9-7-13(8-10-14)18(19,20)21;/h4-6,13-14,25H,3,7-11H2,1-2H3,(H2,22,23,24);1H. The van der Waals surface area contributed by atoms with Gasteiger partial charge in [-0.05, 0) is 38.7 Å². The van der Waals surface area contributed by atoms with E-state index in [2.05, 4.69) is 15.6 Å². The molecule has 1 aromatic carbocycles. The molecule has 1 fully saturated rings. The van der Waals surface area contributed by atoms with Crippen LogP contribution in [0.3, 0.4) is 0 Å². The van der Waals surface area contributed by atoms with Crippen LogP contribution in [0.15, 0.2) is 23.2 Å². The van der Waals surface area contributed by atoms with Gasteiger partial charge in [-0.25, -0.2) is 4.99 Å². The Labute approximate surface area is 174 Å². The second kappa shape index (κ2) is 10.8. The minimum atomic E-state index is -4.10. The molecule has 1 aromatic rings. The van der Waals surface area contributed by atoms with Gasteiger partial charge in [0, 0.05) is 18.2 Å². The van der Waals surface area contributed by atoms with Gasteiger partial charge in [-0.3, -0.25) is 0 Å². The molecule has 9 heteroatoms. The second-order valence-electron chi connectivity index (χ2n) is 6.40. The molecule has 1 saturated carbocycles. The average molecular weight is 501 g/mol. The number of halogens is 4. The predicted octanol–water partition coefficient (Wildman–Crippen LogP) is 4.20. The van der Waals surface area contributed by atoms with Crippen LogP contribution >= 0.6 is 24.0 Å². The third-order valence-electron chi connectivity index (χ3n) is 4.59. The molecule has 0 aliphatic heterocycles. The van der Waals surface area contributed by atoms with E-state index in [1.807, 2.05) is 6.92 Å². The van der Waals surface area contributed by atoms with E-state index in [9.17, 15) is 18.3 Å². The lowest BCUT2D eigenvalue weighted by molar-refractivity contribution is -0.182. The quantitative estimate of drug-likeness (QED) is 0.322. The molecule has 1 aliphatic rings. The van der Waals surface area contributed by atoms with Gasteiger partial charge in [-0.15, -0.1) is 24.0 Å². The van der Waals surface area contributed by atoms with Crippen LogP contribution in [0.1, 0.15) is 38.2 Å². The number of benzene rings is 1. The molecule has 0 amide bonds. The summed E-state index contributed by atoms with van der Waals surface area (Å²) in [5.74, 6) is -0.250. The van der Waals surface area contributed by atoms with Gasteiger partial charge in [0.2, 0.25) is 0 Å². The van der Waals surface area contributed by atoms with Gasteiger partial charge in [0.15, 0.2) is 17.5 Å². The van der Waals surface area contributed by atoms with Gasteiger partial charge in [0.25, 0.3) is 0 Å². The van der Waals surface area contributed by atoms with Gasteiger partial charge in [0.05, 0.1) is 19.6 Å². The lowest BCUT2D eigenvalue weighted by Crippen LogP contribution is -2.45. The summed E-state index contributed by atoms with van der Waals surface area (Å²) in [5, 5.41) is 16.4. The van der Waals surface area contributed by atoms with Gasteiger partial charge >= 0.3 is 6.18 Å². The molecule has 0 unspecified atom stereocenters. The smallest absolute Gasteiger partial charge is 0.391 e. The summed E-state index contributed by atoms with van der Waals surface area (Å²) in [4.78, 5) is 4.44. The van der Waals surface area contributed by atoms with Crippen LogP contribution in [0.4, 0.5) is 13.2 Å². The van der Waals surface area contributed by atoms with Crippen molar-refractivity contribution in [3.05, 3.63) is 23.8 Å². The van der Waals surface area contributed by atoms with Crippen LogP contribution in [0.25, 0.3) is 0 Å². The van der Waals surface area contributed by atoms with Crippen molar-refractivity contribution in [2.45, 2.75) is 51.4 Å². The Hall–Kier alpha value is -1.39. The maximum atomic E-state index is 12.8. The van der Waals surface area contributed by atoms with E-state index in [-0.39, 0.29) is 55.2 Å². The van der Waals surface area contributed by atoms with Crippen molar-refractivity contribution in [2.75, 3.05) is 13.7 Å². The van der Waals surface area contributed by atoms with Crippen LogP contribution in [0.2, 0.25) is 0 Å². The Balaban J connectivity index is 0.00000364. The Bertz CT molecular complexity index is 618. The van der Waals surface area contributed by atoms with Crippen LogP contribution in [0, 0.1) is 5.92 Å². The van der Waals surface area contributed by atoms with Crippen molar-refractivity contribution in [1.82, 2.24) is 10.6 Å². The first-order valence-corrected chi connectivity index (χ1v) is 8.81. The number of rotatable bonds is 5. The minimum Gasteiger partial charge on any atom is -0.504 e. The van der Waals surface area contributed by atoms with Crippen molar-refractivity contribution in [3.63, 3.8) is 0 Å². The lowest BCUT2D eigenvalue weighted by atomic mass is 9.85. The van der Waals surface area contributed by atoms with Gasteiger partial charge in [-0.1, -0.05) is 12.1 Å². The normalized spacial score (nSPS) is 20.6. The molecule has 27 heavy (non-hydrogen) atoms. The van der Waals surface area contributed by atoms with Crippen LogP contribution < -0.4 is 15.4 Å². The Morgan fingerprint density at radius 1 is 1.26 bits per heavy atom. The molecule has 154 valence electrons. The summed E-state index contributed by atoms with van der Waals surface area (Å²) in [6.45, 7) is 2.78. The van der Waals surface area contributed by atoms with Crippen molar-refractivity contribution < 1.29 is 23.0 Å². The molecule has 0 spiro atoms. The van der Waals surface area contributed by atoms with Crippen molar-refractivity contribution in [3.8, 4) is 11.5 Å². The first-order valence-electron chi connectivity index (χ1n) is 8.81. The molecule has 5 nitrogen and oxygen atoms in total. The highest BCUT2D eigenvalue weighted by atomic mass is 127. The number of hydrogen-bond donors (Lipinski definition) is 3. The van der Waals surface area contributed by atoms with Gasteiger partial charge in [-0.2, -0.15) is 13.2 Å². The number of aliphatic imine (C=N–C) groups is 1. The van der Waals surface area contributed by atoms with Crippen LogP contribution in [-0.2, 0) is 6.54 Å². The number of nitrogens with one attached hydrogen (secondary N) is 2. The molecular formula is C18H27F3IN3O2. The average Bonchev–Trinajstić information content (AvgIpc) is 2.60. The molecule has 0 radical (unpaired) electrons. The molecule has 0 saturated heterocycles. The zero-order valence-corrected chi connectivity index (χ0v) is 17.8. The lowest BCUT2D eigenvalue weighted by Gasteiger charge is -2.31. The van der Waals surface area contributed by atoms with E-state index in [0.717, 1.165) is 0 Å². The fourth-order valence-corrected chi connectivity index (χ4v) is 3.10. The number of hydrogen-bond acceptors (Lipinski definition) is 3. The Kier molecular flexibility index (Phi) is 9.48. The fourth-order valence-electron chi connectivity index (χ4n) is 3.10. The number of guanidine groups is 1. The zero-order valence-electron chi connectivity index (χ0n) is 15.5. The molecule has 3 N–H and O–H groups in total. The largest absolute Gasteiger partial charge is 0.504 e. The zero-order chi connectivity index (χ0) is 19.2. The van der Waals surface area contributed by atoms with E-state index in [0.29, 0.717) is 36.7 Å². The number of alkyl halides is 3. The Morgan fingerprint density at radius 3 is 2.48 bits per heavy atom. The molecule has 0 bridgehead atoms. The topological polar surface area (TPSA) is 65.9 Å². The summed E-state index contributed by atoms with van der Waals surface area (Å²) >= 11 is 0. The number of methoxy groups -OCH3 is 1. The van der Waals surface area contributed by atoms with Gasteiger partial charge in [0.1, 0.15) is 0 Å². The molecule has 0 atom stereocenters. The molecular weight excluding hydrogens is 474 g/mol. The molecule has 2 rings (SSSR count). The third kappa shape index (κ3) is 6.93. The number of nitrogens with zero attached hydrogens (tertiary/aromatic N) is 1. The summed E-state index contributed by atoms with van der Waals surface area (Å²) in [6, 6.07) is 5.14. The van der Waals surface area contributed by atoms with Gasteiger partial charge < -0.3 is 20.5 Å². The van der Waals surface area contributed by atoms with E-state index in [1.54, 1.807) is 18.2 Å². The summed E-state index contributed by atoms with van der Waals surface area (Å²) in [5.41, 5.74) is 0.613. The number of phenols is 1. The third-order valence-corrected chi connectivity index (χ3v) is 4.59. The fraction of sp³-hybridized carbons (Fsp3) is 0.611. The number of para-hydroxylation sites is 1. The van der Waals surface area contributed by atoms with E-state index in [1.165, 1.54) is 7.11 Å². The molecule has 1 aliphatic carbocycles. The van der Waals surface area contributed by atoms with Crippen molar-refractivity contribution >= 4 is 29.9 Å². The number of aromatic hydroxyl groups is 1. The van der Waals surface area contributed by atoms with E-state index >= 15 is 0 Å². The first-order chi connectivity index (χ1) is 12.3. The Morgan fingerprint density at radius 2 is 1.93 bits per heavy atom. The molecule has 0 heterocycles. The predicted molar refractivity (Wildman–Crippen MR) is 110 cm³/mol. The second-order valence-corrected chi connectivity index (χ2v) is 6.40. The highest BCUT2D eigenvalue weighted by Gasteiger charge is 2.41. The minimum absolute atomic E-state index is 0. The number of ether oxygens (including phenoxy) is 1. The van der Waals surface area contributed by atoms with Crippen molar-refractivity contribution in [1.29, 1.82) is 0 Å². The highest BCUT2D eigenvalue weighted by molar-refractivity contribution is 14.0. The maximum Gasteiger partial charge on any atom is 0.391 e. The van der Waals surface area contributed by atoms with Crippen LogP contribution in [0.5, 0.6) is 11.5 Å². The monoisotopic (exact) mass is 501 g/mol. The number of phenolic OH excluding ortho intramolecular Hbond substituents is 1. The summed E-state index contributed by atoms with van der Waals surface area (Å²) < 4.78 is 43.4. The molecule has 0 aromatic heterocycles. The summed E-state index contributed by atoms with van der Waals surface area (Å²) in [7, 11) is 1.48. The van der Waals surface area contributed by atoms with E-state index < -0.39 is 12.1 Å². The summed E-state index contributed by atoms with van der Waals surface area (Å²) in [6.07, 6.45) is -2.92. The maximum absolute atomic E-state index is 12.8. The van der Waals surface area contributed by atoms with E-state index in [4.69, 9.17) is 4.74 Å². The highest BCUT2D eigenvalue weighted by Crippen LogP contribution is 2.37. The van der Waals surface area contributed by atoms with Crippen LogP contribution in [-0.4, -0.2) is 36.9 Å². The first kappa shape index (κ1) is 23.6. The van der Waals surface area contributed by atoms with Crippen molar-refractivity contribution in [2.24, 2.45) is 10.9 Å².